The van der Waals surface area contributed by atoms with Crippen molar-refractivity contribution in [3.8, 4) is 0 Å². The molecule has 1 unspecified atom stereocenters. The molecule has 1 aromatic rings. The van der Waals surface area contributed by atoms with E-state index in [0.29, 0.717) is 0 Å². The van der Waals surface area contributed by atoms with Gasteiger partial charge in [0.2, 0.25) is 5.03 Å². The van der Waals surface area contributed by atoms with Gasteiger partial charge in [-0.05, 0) is 29.3 Å². The van der Waals surface area contributed by atoms with Gasteiger partial charge in [0.1, 0.15) is 0 Å². The lowest BCUT2D eigenvalue weighted by Gasteiger charge is -2.13. The lowest BCUT2D eigenvalue weighted by molar-refractivity contribution is 0.517. The predicted molar refractivity (Wildman–Crippen MR) is 72.6 cm³/mol. The van der Waals surface area contributed by atoms with Gasteiger partial charge in [-0.25, -0.2) is 17.8 Å². The van der Waals surface area contributed by atoms with E-state index in [1.54, 1.807) is 7.05 Å². The quantitative estimate of drug-likeness (QED) is 0.769. The first-order valence-corrected chi connectivity index (χ1v) is 8.23. The van der Waals surface area contributed by atoms with E-state index in [1.165, 1.54) is 4.68 Å². The van der Waals surface area contributed by atoms with Crippen LogP contribution in [0.25, 0.3) is 0 Å². The summed E-state index contributed by atoms with van der Waals surface area (Å²) in [6.45, 7) is 3.98. The van der Waals surface area contributed by atoms with Crippen molar-refractivity contribution in [1.29, 1.82) is 0 Å². The fourth-order valence-electron chi connectivity index (χ4n) is 1.69. The minimum atomic E-state index is -3.57. The van der Waals surface area contributed by atoms with E-state index in [4.69, 9.17) is 0 Å². The van der Waals surface area contributed by atoms with Gasteiger partial charge < -0.3 is 0 Å². The van der Waals surface area contributed by atoms with Gasteiger partial charge in [0.15, 0.2) is 4.60 Å². The SMILES string of the molecule is CCCCCC(C)NS(=O)(=O)c1c(Br)nnn1C. The van der Waals surface area contributed by atoms with Gasteiger partial charge in [0.05, 0.1) is 0 Å². The third-order valence-electron chi connectivity index (χ3n) is 2.59. The zero-order valence-corrected chi connectivity index (χ0v) is 13.3. The number of aromatic nitrogens is 3. The number of aryl methyl sites for hydroxylation is 1. The van der Waals surface area contributed by atoms with E-state index in [9.17, 15) is 8.42 Å². The van der Waals surface area contributed by atoms with Gasteiger partial charge in [-0.15, -0.1) is 5.10 Å². The van der Waals surface area contributed by atoms with Crippen molar-refractivity contribution in [2.45, 2.75) is 50.6 Å². The van der Waals surface area contributed by atoms with Gasteiger partial charge in [-0.3, -0.25) is 0 Å². The molecule has 0 aliphatic carbocycles. The van der Waals surface area contributed by atoms with Crippen LogP contribution in [0.1, 0.15) is 39.5 Å². The minimum absolute atomic E-state index is 0.0600. The second-order valence-corrected chi connectivity index (χ2v) is 6.71. The zero-order valence-electron chi connectivity index (χ0n) is 10.9. The smallest absolute Gasteiger partial charge is 0.235 e. The fraction of sp³-hybridized carbons (Fsp3) is 0.800. The van der Waals surface area contributed by atoms with Crippen molar-refractivity contribution in [3.05, 3.63) is 4.60 Å². The van der Waals surface area contributed by atoms with E-state index in [0.717, 1.165) is 25.7 Å². The van der Waals surface area contributed by atoms with E-state index >= 15 is 0 Å². The van der Waals surface area contributed by atoms with Crippen LogP contribution in [0.3, 0.4) is 0 Å². The second kappa shape index (κ2) is 6.63. The van der Waals surface area contributed by atoms with Crippen LogP contribution in [0, 0.1) is 0 Å². The van der Waals surface area contributed by atoms with E-state index in [2.05, 4.69) is 37.9 Å². The summed E-state index contributed by atoms with van der Waals surface area (Å²) in [7, 11) is -2.02. The number of nitrogens with one attached hydrogen (secondary N) is 1. The molecule has 0 fully saturated rings. The molecule has 1 heterocycles. The van der Waals surface area contributed by atoms with Crippen molar-refractivity contribution in [2.24, 2.45) is 7.05 Å². The molecular formula is C10H19BrN4O2S. The van der Waals surface area contributed by atoms with Gasteiger partial charge in [-0.2, -0.15) is 0 Å². The van der Waals surface area contributed by atoms with E-state index in [1.807, 2.05) is 6.92 Å². The molecule has 0 saturated heterocycles. The maximum atomic E-state index is 12.1. The molecule has 0 aliphatic heterocycles. The summed E-state index contributed by atoms with van der Waals surface area (Å²) >= 11 is 3.09. The number of halogens is 1. The molecule has 1 rings (SSSR count). The molecule has 1 atom stereocenters. The summed E-state index contributed by atoms with van der Waals surface area (Å²) in [6, 6.07) is -0.0941. The number of rotatable bonds is 7. The van der Waals surface area contributed by atoms with Gasteiger partial charge in [0, 0.05) is 13.1 Å². The van der Waals surface area contributed by atoms with Crippen molar-refractivity contribution >= 4 is 26.0 Å². The summed E-state index contributed by atoms with van der Waals surface area (Å²) in [5.41, 5.74) is 0. The normalized spacial score (nSPS) is 13.8. The standard InChI is InChI=1S/C10H19BrN4O2S/c1-4-5-6-7-8(2)13-18(16,17)10-9(11)12-14-15(10)3/h8,13H,4-7H2,1-3H3. The topological polar surface area (TPSA) is 76.9 Å². The van der Waals surface area contributed by atoms with Gasteiger partial charge >= 0.3 is 0 Å². The highest BCUT2D eigenvalue weighted by molar-refractivity contribution is 9.10. The molecule has 1 N–H and O–H groups in total. The number of sulfonamides is 1. The van der Waals surface area contributed by atoms with Crippen LogP contribution in [-0.4, -0.2) is 29.5 Å². The lowest BCUT2D eigenvalue weighted by Crippen LogP contribution is -2.33. The number of hydrogen-bond acceptors (Lipinski definition) is 4. The number of hydrogen-bond donors (Lipinski definition) is 1. The van der Waals surface area contributed by atoms with Crippen LogP contribution in [0.15, 0.2) is 9.63 Å². The van der Waals surface area contributed by atoms with Crippen LogP contribution in [-0.2, 0) is 17.1 Å². The molecule has 0 aromatic carbocycles. The third-order valence-corrected chi connectivity index (χ3v) is 5.06. The Hall–Kier alpha value is -0.470. The average molecular weight is 339 g/mol. The Kier molecular flexibility index (Phi) is 5.74. The van der Waals surface area contributed by atoms with Crippen LogP contribution in [0.4, 0.5) is 0 Å². The van der Waals surface area contributed by atoms with Crippen molar-refractivity contribution in [1.82, 2.24) is 19.7 Å². The van der Waals surface area contributed by atoms with E-state index < -0.39 is 10.0 Å². The Balaban J connectivity index is 2.71. The van der Waals surface area contributed by atoms with Gasteiger partial charge in [-0.1, -0.05) is 31.4 Å². The maximum Gasteiger partial charge on any atom is 0.260 e. The first kappa shape index (κ1) is 15.6. The predicted octanol–water partition coefficient (Wildman–Crippen LogP) is 1.82. The monoisotopic (exact) mass is 338 g/mol. The average Bonchev–Trinajstić information content (AvgIpc) is 2.58. The molecule has 18 heavy (non-hydrogen) atoms. The molecular weight excluding hydrogens is 320 g/mol. The summed E-state index contributed by atoms with van der Waals surface area (Å²) < 4.78 is 28.4. The van der Waals surface area contributed by atoms with Crippen LogP contribution in [0.5, 0.6) is 0 Å². The van der Waals surface area contributed by atoms with Crippen molar-refractivity contribution in [3.63, 3.8) is 0 Å². The summed E-state index contributed by atoms with van der Waals surface area (Å²) in [4.78, 5) is 0. The third kappa shape index (κ3) is 4.03. The molecule has 0 amide bonds. The minimum Gasteiger partial charge on any atom is -0.235 e. The maximum absolute atomic E-state index is 12.1. The Morgan fingerprint density at radius 1 is 1.44 bits per heavy atom. The molecule has 0 bridgehead atoms. The Morgan fingerprint density at radius 2 is 2.11 bits per heavy atom. The van der Waals surface area contributed by atoms with Crippen molar-refractivity contribution in [2.75, 3.05) is 0 Å². The van der Waals surface area contributed by atoms with Crippen LogP contribution >= 0.6 is 15.9 Å². The first-order chi connectivity index (χ1) is 8.38. The summed E-state index contributed by atoms with van der Waals surface area (Å²) in [5, 5.41) is 7.40. The summed E-state index contributed by atoms with van der Waals surface area (Å²) in [5.74, 6) is 0. The molecule has 0 radical (unpaired) electrons. The highest BCUT2D eigenvalue weighted by Gasteiger charge is 2.25. The zero-order chi connectivity index (χ0) is 13.8. The highest BCUT2D eigenvalue weighted by atomic mass is 79.9. The molecule has 0 saturated carbocycles. The Bertz CT molecular complexity index is 467. The highest BCUT2D eigenvalue weighted by Crippen LogP contribution is 2.18. The second-order valence-electron chi connectivity index (χ2n) is 4.33. The fourth-order valence-corrected chi connectivity index (χ4v) is 4.06. The lowest BCUT2D eigenvalue weighted by atomic mass is 10.1. The van der Waals surface area contributed by atoms with Crippen molar-refractivity contribution < 1.29 is 8.42 Å². The molecule has 0 aliphatic rings. The first-order valence-electron chi connectivity index (χ1n) is 5.96. The molecule has 6 nitrogen and oxygen atoms in total. The number of unbranched alkanes of at least 4 members (excludes halogenated alkanes) is 2. The van der Waals surface area contributed by atoms with E-state index in [-0.39, 0.29) is 15.7 Å². The number of nitrogens with zero attached hydrogens (tertiary/aromatic N) is 3. The van der Waals surface area contributed by atoms with Crippen LogP contribution < -0.4 is 4.72 Å². The molecule has 104 valence electrons. The van der Waals surface area contributed by atoms with Gasteiger partial charge in [0.25, 0.3) is 10.0 Å². The Labute approximate surface area is 116 Å². The molecule has 8 heteroatoms. The largest absolute Gasteiger partial charge is 0.260 e. The Morgan fingerprint density at radius 3 is 2.61 bits per heavy atom. The molecule has 1 aromatic heterocycles. The summed E-state index contributed by atoms with van der Waals surface area (Å²) in [6.07, 6.45) is 4.08. The van der Waals surface area contributed by atoms with Crippen LogP contribution in [0.2, 0.25) is 0 Å². The molecule has 0 spiro atoms.